The molecule has 1 saturated heterocycles. The molecule has 178 valence electrons. The summed E-state index contributed by atoms with van der Waals surface area (Å²) in [6.45, 7) is 5.41. The second-order valence-electron chi connectivity index (χ2n) is 8.23. The highest BCUT2D eigenvalue weighted by atomic mass is 32.2. The van der Waals surface area contributed by atoms with Crippen molar-refractivity contribution in [1.29, 1.82) is 0 Å². The molecule has 0 radical (unpaired) electrons. The number of sulfonamides is 2. The van der Waals surface area contributed by atoms with Crippen LogP contribution in [0.15, 0.2) is 47.4 Å². The molecule has 2 heterocycles. The van der Waals surface area contributed by atoms with Crippen LogP contribution in [0.1, 0.15) is 42.6 Å². The van der Waals surface area contributed by atoms with Crippen molar-refractivity contribution in [3.63, 3.8) is 0 Å². The molecule has 0 atom stereocenters. The SMILES string of the molecule is CCN(CC)S(=O)(=O)c1ccc2c(c1)CCCN2C(=O)c1ccc(N2CCCS2(=O)=O)cc1. The van der Waals surface area contributed by atoms with Gasteiger partial charge in [0.2, 0.25) is 20.0 Å². The van der Waals surface area contributed by atoms with Crippen molar-refractivity contribution < 1.29 is 21.6 Å². The highest BCUT2D eigenvalue weighted by Crippen LogP contribution is 2.32. The van der Waals surface area contributed by atoms with Crippen LogP contribution in [0.2, 0.25) is 0 Å². The van der Waals surface area contributed by atoms with Crippen LogP contribution >= 0.6 is 0 Å². The lowest BCUT2D eigenvalue weighted by molar-refractivity contribution is 0.0985. The minimum absolute atomic E-state index is 0.143. The summed E-state index contributed by atoms with van der Waals surface area (Å²) in [5.41, 5.74) is 2.58. The van der Waals surface area contributed by atoms with Crippen molar-refractivity contribution in [2.24, 2.45) is 0 Å². The van der Waals surface area contributed by atoms with Crippen molar-refractivity contribution in [2.45, 2.75) is 38.0 Å². The fourth-order valence-electron chi connectivity index (χ4n) is 4.51. The number of nitrogens with zero attached hydrogens (tertiary/aromatic N) is 3. The van der Waals surface area contributed by atoms with Crippen LogP contribution in [0.25, 0.3) is 0 Å². The first-order valence-electron chi connectivity index (χ1n) is 11.2. The molecule has 0 aromatic heterocycles. The van der Waals surface area contributed by atoms with E-state index in [4.69, 9.17) is 0 Å². The Morgan fingerprint density at radius 2 is 1.70 bits per heavy atom. The van der Waals surface area contributed by atoms with Crippen molar-refractivity contribution in [2.75, 3.05) is 41.1 Å². The normalized spacial score (nSPS) is 17.9. The molecule has 0 N–H and O–H groups in total. The van der Waals surface area contributed by atoms with E-state index in [-0.39, 0.29) is 16.6 Å². The number of carbonyl (C=O) groups is 1. The third-order valence-corrected chi connectivity index (χ3v) is 10.2. The highest BCUT2D eigenvalue weighted by molar-refractivity contribution is 7.93. The van der Waals surface area contributed by atoms with E-state index in [0.29, 0.717) is 50.3 Å². The van der Waals surface area contributed by atoms with E-state index in [9.17, 15) is 21.6 Å². The van der Waals surface area contributed by atoms with E-state index < -0.39 is 20.0 Å². The Hall–Kier alpha value is -2.43. The highest BCUT2D eigenvalue weighted by Gasteiger charge is 2.30. The van der Waals surface area contributed by atoms with E-state index in [1.165, 1.54) is 8.61 Å². The predicted molar refractivity (Wildman–Crippen MR) is 129 cm³/mol. The second-order valence-corrected chi connectivity index (χ2v) is 12.2. The lowest BCUT2D eigenvalue weighted by atomic mass is 10.0. The van der Waals surface area contributed by atoms with Crippen LogP contribution in [0.5, 0.6) is 0 Å². The van der Waals surface area contributed by atoms with Crippen LogP contribution in [-0.4, -0.2) is 59.0 Å². The van der Waals surface area contributed by atoms with E-state index in [0.717, 1.165) is 17.7 Å². The van der Waals surface area contributed by atoms with E-state index in [2.05, 4.69) is 0 Å². The molecule has 1 fully saturated rings. The fraction of sp³-hybridized carbons (Fsp3) is 0.435. The molecule has 0 bridgehead atoms. The second kappa shape index (κ2) is 9.08. The third-order valence-electron chi connectivity index (χ3n) is 6.26. The molecule has 10 heteroatoms. The summed E-state index contributed by atoms with van der Waals surface area (Å²) in [6.07, 6.45) is 2.03. The first-order valence-corrected chi connectivity index (χ1v) is 14.3. The van der Waals surface area contributed by atoms with Gasteiger partial charge in [0.1, 0.15) is 0 Å². The van der Waals surface area contributed by atoms with Gasteiger partial charge in [-0.25, -0.2) is 16.8 Å². The monoisotopic (exact) mass is 491 g/mol. The van der Waals surface area contributed by atoms with Gasteiger partial charge < -0.3 is 4.90 Å². The quantitative estimate of drug-likeness (QED) is 0.619. The van der Waals surface area contributed by atoms with Gasteiger partial charge in [-0.1, -0.05) is 13.8 Å². The molecule has 2 aromatic carbocycles. The van der Waals surface area contributed by atoms with Crippen molar-refractivity contribution in [3.8, 4) is 0 Å². The lowest BCUT2D eigenvalue weighted by Crippen LogP contribution is -2.36. The van der Waals surface area contributed by atoms with Crippen LogP contribution < -0.4 is 9.21 Å². The number of aryl methyl sites for hydroxylation is 1. The van der Waals surface area contributed by atoms with E-state index in [1.807, 2.05) is 13.8 Å². The van der Waals surface area contributed by atoms with Crippen molar-refractivity contribution in [3.05, 3.63) is 53.6 Å². The zero-order valence-electron chi connectivity index (χ0n) is 18.9. The molecule has 0 unspecified atom stereocenters. The molecular weight excluding hydrogens is 462 g/mol. The Bertz CT molecular complexity index is 1250. The predicted octanol–water partition coefficient (Wildman–Crippen LogP) is 2.85. The van der Waals surface area contributed by atoms with Gasteiger partial charge in [0.25, 0.3) is 5.91 Å². The molecule has 2 aliphatic rings. The van der Waals surface area contributed by atoms with Crippen LogP contribution in [0, 0.1) is 0 Å². The van der Waals surface area contributed by atoms with Gasteiger partial charge in [-0.2, -0.15) is 4.31 Å². The number of anilines is 2. The molecule has 33 heavy (non-hydrogen) atoms. The van der Waals surface area contributed by atoms with Crippen LogP contribution in [0.4, 0.5) is 11.4 Å². The number of carbonyl (C=O) groups excluding carboxylic acids is 1. The van der Waals surface area contributed by atoms with Gasteiger partial charge in [0.15, 0.2) is 0 Å². The number of amides is 1. The first-order chi connectivity index (χ1) is 15.7. The van der Waals surface area contributed by atoms with Gasteiger partial charge >= 0.3 is 0 Å². The van der Waals surface area contributed by atoms with Gasteiger partial charge in [0.05, 0.1) is 16.3 Å². The molecular formula is C23H29N3O5S2. The molecule has 2 aliphatic heterocycles. The molecule has 0 aliphatic carbocycles. The zero-order chi connectivity index (χ0) is 23.8. The molecule has 2 aromatic rings. The first kappa shape index (κ1) is 23.7. The largest absolute Gasteiger partial charge is 0.308 e. The summed E-state index contributed by atoms with van der Waals surface area (Å²) in [5, 5.41) is 0. The Morgan fingerprint density at radius 3 is 2.30 bits per heavy atom. The Labute approximate surface area is 195 Å². The molecule has 0 spiro atoms. The van der Waals surface area contributed by atoms with Crippen LogP contribution in [0.3, 0.4) is 0 Å². The number of benzene rings is 2. The zero-order valence-corrected chi connectivity index (χ0v) is 20.5. The minimum atomic E-state index is -3.57. The summed E-state index contributed by atoms with van der Waals surface area (Å²) >= 11 is 0. The maximum atomic E-state index is 13.3. The van der Waals surface area contributed by atoms with Crippen LogP contribution in [-0.2, 0) is 26.5 Å². The minimum Gasteiger partial charge on any atom is -0.308 e. The molecule has 8 nitrogen and oxygen atoms in total. The van der Waals surface area contributed by atoms with Gasteiger partial charge in [0, 0.05) is 37.4 Å². The maximum Gasteiger partial charge on any atom is 0.258 e. The summed E-state index contributed by atoms with van der Waals surface area (Å²) in [5.74, 6) is -0.0457. The van der Waals surface area contributed by atoms with Crippen molar-refractivity contribution in [1.82, 2.24) is 4.31 Å². The fourth-order valence-corrected chi connectivity index (χ4v) is 7.59. The lowest BCUT2D eigenvalue weighted by Gasteiger charge is -2.30. The average Bonchev–Trinajstić information content (AvgIpc) is 3.17. The summed E-state index contributed by atoms with van der Waals surface area (Å²) in [4.78, 5) is 15.2. The summed E-state index contributed by atoms with van der Waals surface area (Å²) in [6, 6.07) is 11.6. The van der Waals surface area contributed by atoms with E-state index >= 15 is 0 Å². The van der Waals surface area contributed by atoms with Gasteiger partial charge in [-0.3, -0.25) is 9.10 Å². The number of hydrogen-bond acceptors (Lipinski definition) is 5. The molecule has 1 amide bonds. The molecule has 0 saturated carbocycles. The van der Waals surface area contributed by atoms with Crippen molar-refractivity contribution >= 4 is 37.3 Å². The summed E-state index contributed by atoms with van der Waals surface area (Å²) < 4.78 is 52.9. The smallest absolute Gasteiger partial charge is 0.258 e. The Balaban J connectivity index is 1.60. The number of fused-ring (bicyclic) bond motifs is 1. The average molecular weight is 492 g/mol. The van der Waals surface area contributed by atoms with Gasteiger partial charge in [-0.15, -0.1) is 0 Å². The Kier molecular flexibility index (Phi) is 6.52. The third kappa shape index (κ3) is 4.39. The molecule has 4 rings (SSSR count). The summed E-state index contributed by atoms with van der Waals surface area (Å²) in [7, 11) is -6.85. The Morgan fingerprint density at radius 1 is 1.00 bits per heavy atom. The number of hydrogen-bond donors (Lipinski definition) is 0. The number of rotatable bonds is 6. The topological polar surface area (TPSA) is 95.1 Å². The standard InChI is InChI=1S/C23H29N3O5S2/c1-3-24(4-2)33(30,31)21-12-13-22-19(17-21)7-5-14-25(22)23(27)18-8-10-20(11-9-18)26-15-6-16-32(26,28)29/h8-13,17H,3-7,14-16H2,1-2H3. The van der Waals surface area contributed by atoms with Gasteiger partial charge in [-0.05, 0) is 67.3 Å². The van der Waals surface area contributed by atoms with E-state index in [1.54, 1.807) is 47.4 Å². The maximum absolute atomic E-state index is 13.3.